The van der Waals surface area contributed by atoms with Gasteiger partial charge in [-0.3, -0.25) is 4.79 Å². The summed E-state index contributed by atoms with van der Waals surface area (Å²) in [5, 5.41) is 3.01. The monoisotopic (exact) mass is 305 g/mol. The zero-order chi connectivity index (χ0) is 15.1. The summed E-state index contributed by atoms with van der Waals surface area (Å²) in [4.78, 5) is 16.0. The van der Waals surface area contributed by atoms with E-state index < -0.39 is 0 Å². The molecular weight excluding hydrogens is 282 g/mol. The number of nitrogens with zero attached hydrogens (tertiary/aromatic N) is 1. The SMILES string of the molecule is CN1CCC(CCNC(=O)c2ccc(C#CCN)s2)CC1. The lowest BCUT2D eigenvalue weighted by molar-refractivity contribution is 0.0953. The van der Waals surface area contributed by atoms with Gasteiger partial charge in [0.2, 0.25) is 0 Å². The Labute approximate surface area is 130 Å². The molecule has 0 spiro atoms. The van der Waals surface area contributed by atoms with Crippen molar-refractivity contribution < 1.29 is 4.79 Å². The molecule has 2 heterocycles. The van der Waals surface area contributed by atoms with Crippen molar-refractivity contribution in [3.05, 3.63) is 21.9 Å². The molecule has 0 aliphatic carbocycles. The van der Waals surface area contributed by atoms with E-state index in [1.54, 1.807) is 0 Å². The molecule has 0 unspecified atom stereocenters. The largest absolute Gasteiger partial charge is 0.351 e. The Morgan fingerprint density at radius 3 is 2.95 bits per heavy atom. The molecule has 1 aliphatic heterocycles. The van der Waals surface area contributed by atoms with Crippen LogP contribution >= 0.6 is 11.3 Å². The average Bonchev–Trinajstić information content (AvgIpc) is 2.96. The molecule has 0 atom stereocenters. The van der Waals surface area contributed by atoms with E-state index in [2.05, 4.69) is 29.1 Å². The van der Waals surface area contributed by atoms with E-state index in [-0.39, 0.29) is 5.91 Å². The van der Waals surface area contributed by atoms with Gasteiger partial charge < -0.3 is 16.0 Å². The maximum absolute atomic E-state index is 12.0. The molecule has 1 aromatic rings. The van der Waals surface area contributed by atoms with Crippen LogP contribution < -0.4 is 11.1 Å². The molecule has 1 aromatic heterocycles. The van der Waals surface area contributed by atoms with Gasteiger partial charge in [-0.15, -0.1) is 11.3 Å². The minimum absolute atomic E-state index is 0.00808. The summed E-state index contributed by atoms with van der Waals surface area (Å²) in [6, 6.07) is 3.70. The first-order valence-corrected chi connectivity index (χ1v) is 8.26. The van der Waals surface area contributed by atoms with Gasteiger partial charge in [0.1, 0.15) is 0 Å². The van der Waals surface area contributed by atoms with Crippen molar-refractivity contribution in [2.45, 2.75) is 19.3 Å². The number of hydrogen-bond acceptors (Lipinski definition) is 4. The number of rotatable bonds is 4. The molecule has 0 radical (unpaired) electrons. The minimum Gasteiger partial charge on any atom is -0.351 e. The normalized spacial score (nSPS) is 16.3. The Bertz CT molecular complexity index is 521. The highest BCUT2D eigenvalue weighted by Gasteiger charge is 2.16. The Hall–Kier alpha value is -1.35. The molecule has 114 valence electrons. The van der Waals surface area contributed by atoms with Crippen LogP contribution in [0.1, 0.15) is 33.8 Å². The molecule has 2 rings (SSSR count). The van der Waals surface area contributed by atoms with Crippen LogP contribution in [-0.4, -0.2) is 44.0 Å². The van der Waals surface area contributed by atoms with Gasteiger partial charge >= 0.3 is 0 Å². The van der Waals surface area contributed by atoms with Gasteiger partial charge in [-0.1, -0.05) is 11.8 Å². The van der Waals surface area contributed by atoms with E-state index in [1.165, 1.54) is 37.3 Å². The van der Waals surface area contributed by atoms with Crippen LogP contribution in [0.2, 0.25) is 0 Å². The predicted molar refractivity (Wildman–Crippen MR) is 87.4 cm³/mol. The molecule has 1 amide bonds. The van der Waals surface area contributed by atoms with Crippen molar-refractivity contribution in [2.24, 2.45) is 11.7 Å². The van der Waals surface area contributed by atoms with Crippen molar-refractivity contribution in [1.29, 1.82) is 0 Å². The summed E-state index contributed by atoms with van der Waals surface area (Å²) in [7, 11) is 2.17. The van der Waals surface area contributed by atoms with E-state index >= 15 is 0 Å². The third-order valence-corrected chi connectivity index (χ3v) is 4.82. The first-order chi connectivity index (χ1) is 10.2. The summed E-state index contributed by atoms with van der Waals surface area (Å²) >= 11 is 1.42. The maximum atomic E-state index is 12.0. The van der Waals surface area contributed by atoms with Gasteiger partial charge in [0.15, 0.2) is 0 Å². The van der Waals surface area contributed by atoms with Gasteiger partial charge in [-0.25, -0.2) is 0 Å². The number of hydrogen-bond donors (Lipinski definition) is 2. The third-order valence-electron chi connectivity index (χ3n) is 3.82. The molecular formula is C16H23N3OS. The van der Waals surface area contributed by atoms with Gasteiger partial charge in [-0.05, 0) is 57.5 Å². The quantitative estimate of drug-likeness (QED) is 0.829. The summed E-state index contributed by atoms with van der Waals surface area (Å²) in [5.41, 5.74) is 5.34. The molecule has 0 bridgehead atoms. The minimum atomic E-state index is 0.00808. The highest BCUT2D eigenvalue weighted by atomic mass is 32.1. The van der Waals surface area contributed by atoms with Crippen LogP contribution in [0.4, 0.5) is 0 Å². The molecule has 1 saturated heterocycles. The number of nitrogens with two attached hydrogens (primary N) is 1. The number of likely N-dealkylation sites (tertiary alicyclic amines) is 1. The second kappa shape index (κ2) is 8.18. The van der Waals surface area contributed by atoms with Crippen molar-refractivity contribution in [3.8, 4) is 11.8 Å². The smallest absolute Gasteiger partial charge is 0.261 e. The van der Waals surface area contributed by atoms with Gasteiger partial charge in [-0.2, -0.15) is 0 Å². The van der Waals surface area contributed by atoms with Gasteiger partial charge in [0.05, 0.1) is 16.3 Å². The van der Waals surface area contributed by atoms with Crippen molar-refractivity contribution in [1.82, 2.24) is 10.2 Å². The molecule has 0 aromatic carbocycles. The Balaban J connectivity index is 1.73. The van der Waals surface area contributed by atoms with Crippen LogP contribution in [0, 0.1) is 17.8 Å². The molecule has 1 fully saturated rings. The summed E-state index contributed by atoms with van der Waals surface area (Å²) in [6.45, 7) is 3.45. The van der Waals surface area contributed by atoms with Crippen LogP contribution in [-0.2, 0) is 0 Å². The highest BCUT2D eigenvalue weighted by Crippen LogP contribution is 2.19. The van der Waals surface area contributed by atoms with Gasteiger partial charge in [0, 0.05) is 6.54 Å². The average molecular weight is 305 g/mol. The number of nitrogens with one attached hydrogen (secondary N) is 1. The number of amides is 1. The van der Waals surface area contributed by atoms with E-state index in [1.807, 2.05) is 12.1 Å². The van der Waals surface area contributed by atoms with Crippen molar-refractivity contribution >= 4 is 17.2 Å². The summed E-state index contributed by atoms with van der Waals surface area (Å²) in [6.07, 6.45) is 3.55. The summed E-state index contributed by atoms with van der Waals surface area (Å²) < 4.78 is 0. The number of piperidine rings is 1. The molecule has 0 saturated carbocycles. The molecule has 3 N–H and O–H groups in total. The molecule has 4 nitrogen and oxygen atoms in total. The lowest BCUT2D eigenvalue weighted by Gasteiger charge is -2.28. The highest BCUT2D eigenvalue weighted by molar-refractivity contribution is 7.14. The number of carbonyl (C=O) groups excluding carboxylic acids is 1. The van der Waals surface area contributed by atoms with Crippen LogP contribution in [0.5, 0.6) is 0 Å². The molecule has 21 heavy (non-hydrogen) atoms. The zero-order valence-corrected chi connectivity index (χ0v) is 13.3. The first-order valence-electron chi connectivity index (χ1n) is 7.44. The Morgan fingerprint density at radius 1 is 1.48 bits per heavy atom. The van der Waals surface area contributed by atoms with Crippen LogP contribution in [0.15, 0.2) is 12.1 Å². The van der Waals surface area contributed by atoms with Gasteiger partial charge in [0.25, 0.3) is 5.91 Å². The Morgan fingerprint density at radius 2 is 2.24 bits per heavy atom. The lowest BCUT2D eigenvalue weighted by atomic mass is 9.94. The number of carbonyl (C=O) groups is 1. The fourth-order valence-electron chi connectivity index (χ4n) is 2.49. The van der Waals surface area contributed by atoms with E-state index in [4.69, 9.17) is 5.73 Å². The van der Waals surface area contributed by atoms with Crippen molar-refractivity contribution in [3.63, 3.8) is 0 Å². The lowest BCUT2D eigenvalue weighted by Crippen LogP contribution is -2.32. The standard InChI is InChI=1S/C16H23N3OS/c1-19-11-7-13(8-12-19)6-10-18-16(20)15-5-4-14(21-15)3-2-9-17/h4-5,13H,6-12,17H2,1H3,(H,18,20). The second-order valence-electron chi connectivity index (χ2n) is 5.46. The fraction of sp³-hybridized carbons (Fsp3) is 0.562. The van der Waals surface area contributed by atoms with Crippen molar-refractivity contribution in [2.75, 3.05) is 33.2 Å². The van der Waals surface area contributed by atoms with E-state index in [0.29, 0.717) is 6.54 Å². The predicted octanol–water partition coefficient (Wildman–Crippen LogP) is 1.52. The second-order valence-corrected chi connectivity index (χ2v) is 6.54. The van der Waals surface area contributed by atoms with E-state index in [0.717, 1.165) is 28.6 Å². The molecule has 5 heteroatoms. The van der Waals surface area contributed by atoms with E-state index in [9.17, 15) is 4.79 Å². The van der Waals surface area contributed by atoms with Crippen LogP contribution in [0.25, 0.3) is 0 Å². The topological polar surface area (TPSA) is 58.4 Å². The summed E-state index contributed by atoms with van der Waals surface area (Å²) in [5.74, 6) is 6.50. The maximum Gasteiger partial charge on any atom is 0.261 e. The third kappa shape index (κ3) is 5.16. The Kier molecular flexibility index (Phi) is 6.24. The van der Waals surface area contributed by atoms with Crippen LogP contribution in [0.3, 0.4) is 0 Å². The number of thiophene rings is 1. The fourth-order valence-corrected chi connectivity index (χ4v) is 3.29. The zero-order valence-electron chi connectivity index (χ0n) is 12.5. The first kappa shape index (κ1) is 16.0. The molecule has 1 aliphatic rings.